The number of aliphatic hydroxyl groups is 1. The number of hydrogen-bond donors (Lipinski definition) is 4. The summed E-state index contributed by atoms with van der Waals surface area (Å²) in [5.41, 5.74) is 5.62. The topological polar surface area (TPSA) is 129 Å². The Balaban J connectivity index is 1.74. The molecule has 2 amide bonds. The van der Waals surface area contributed by atoms with Gasteiger partial charge in [-0.1, -0.05) is 18.2 Å². The van der Waals surface area contributed by atoms with Crippen molar-refractivity contribution in [2.45, 2.75) is 38.2 Å². The molecule has 0 spiro atoms. The summed E-state index contributed by atoms with van der Waals surface area (Å²) in [5.74, 6) is -1.62. The molecule has 1 aliphatic rings. The quantitative estimate of drug-likeness (QED) is 0.308. The second kappa shape index (κ2) is 11.8. The Kier molecular flexibility index (Phi) is 8.44. The number of nitrogens with zero attached hydrogens (tertiary/aromatic N) is 2. The van der Waals surface area contributed by atoms with Crippen LogP contribution in [0.3, 0.4) is 0 Å². The maximum Gasteiger partial charge on any atom is 0.404 e. The molecule has 39 heavy (non-hydrogen) atoms. The predicted molar refractivity (Wildman–Crippen MR) is 143 cm³/mol. The van der Waals surface area contributed by atoms with E-state index in [0.717, 1.165) is 0 Å². The van der Waals surface area contributed by atoms with E-state index in [4.69, 9.17) is 10.8 Å². The van der Waals surface area contributed by atoms with E-state index < -0.39 is 29.2 Å². The van der Waals surface area contributed by atoms with Crippen LogP contribution in [0.25, 0.3) is 11.1 Å². The first kappa shape index (κ1) is 28.0. The fourth-order valence-corrected chi connectivity index (χ4v) is 5.44. The number of hydrogen-bond acceptors (Lipinski definition) is 5. The molecular formula is C29H32F2N4O4. The lowest BCUT2D eigenvalue weighted by atomic mass is 9.72. The molecule has 10 heteroatoms. The molecule has 1 aromatic heterocycles. The molecule has 4 rings (SSSR count). The van der Waals surface area contributed by atoms with Crippen LogP contribution in [0.2, 0.25) is 0 Å². The van der Waals surface area contributed by atoms with Gasteiger partial charge in [-0.2, -0.15) is 0 Å². The minimum Gasteiger partial charge on any atom is -0.465 e. The number of piperidine rings is 1. The number of pyridine rings is 1. The number of carboxylic acid groups (broad SMARTS) is 1. The zero-order chi connectivity index (χ0) is 28.2. The highest BCUT2D eigenvalue weighted by Crippen LogP contribution is 2.44. The minimum atomic E-state index is -1.64. The van der Waals surface area contributed by atoms with Crippen LogP contribution in [0.5, 0.6) is 0 Å². The highest BCUT2D eigenvalue weighted by molar-refractivity contribution is 5.94. The second-order valence-corrected chi connectivity index (χ2v) is 10.0. The van der Waals surface area contributed by atoms with Gasteiger partial charge in [0, 0.05) is 37.3 Å². The number of nitrogens with one attached hydrogen (secondary N) is 1. The van der Waals surface area contributed by atoms with Gasteiger partial charge in [0.2, 0.25) is 0 Å². The number of halogens is 2. The number of aryl methyl sites for hydroxylation is 1. The molecule has 0 saturated carbocycles. The van der Waals surface area contributed by atoms with Crippen LogP contribution in [-0.4, -0.2) is 51.7 Å². The lowest BCUT2D eigenvalue weighted by Gasteiger charge is -2.43. The molecule has 2 heterocycles. The second-order valence-electron chi connectivity index (χ2n) is 10.0. The fourth-order valence-electron chi connectivity index (χ4n) is 5.44. The molecule has 206 valence electrons. The van der Waals surface area contributed by atoms with Crippen LogP contribution in [0, 0.1) is 24.5 Å². The van der Waals surface area contributed by atoms with Crippen LogP contribution in [0.1, 0.15) is 47.2 Å². The van der Waals surface area contributed by atoms with Gasteiger partial charge in [0.25, 0.3) is 5.91 Å². The van der Waals surface area contributed by atoms with Crippen molar-refractivity contribution >= 4 is 17.8 Å². The van der Waals surface area contributed by atoms with Gasteiger partial charge < -0.3 is 26.2 Å². The third kappa shape index (κ3) is 6.34. The highest BCUT2D eigenvalue weighted by Gasteiger charge is 2.43. The van der Waals surface area contributed by atoms with Gasteiger partial charge in [0.15, 0.2) is 0 Å². The first-order valence-electron chi connectivity index (χ1n) is 12.8. The van der Waals surface area contributed by atoms with Crippen LogP contribution in [0.15, 0.2) is 54.7 Å². The fraction of sp³-hybridized carbons (Fsp3) is 0.345. The number of likely N-dealkylation sites (tertiary alicyclic amines) is 1. The highest BCUT2D eigenvalue weighted by atomic mass is 19.1. The molecule has 2 atom stereocenters. The van der Waals surface area contributed by atoms with E-state index in [1.807, 2.05) is 0 Å². The summed E-state index contributed by atoms with van der Waals surface area (Å²) >= 11 is 0. The first-order valence-corrected chi connectivity index (χ1v) is 12.8. The lowest BCUT2D eigenvalue weighted by Crippen LogP contribution is -2.48. The van der Waals surface area contributed by atoms with Gasteiger partial charge >= 0.3 is 6.09 Å². The summed E-state index contributed by atoms with van der Waals surface area (Å²) in [5, 5.41) is 23.7. The molecule has 1 aliphatic heterocycles. The molecule has 8 nitrogen and oxygen atoms in total. The largest absolute Gasteiger partial charge is 0.465 e. The first-order chi connectivity index (χ1) is 18.6. The normalized spacial score (nSPS) is 16.9. The van der Waals surface area contributed by atoms with Crippen LogP contribution < -0.4 is 11.1 Å². The lowest BCUT2D eigenvalue weighted by molar-refractivity contribution is -0.0564. The zero-order valence-corrected chi connectivity index (χ0v) is 21.7. The Hall–Kier alpha value is -4.05. The summed E-state index contributed by atoms with van der Waals surface area (Å²) in [6.07, 6.45) is 1.71. The van der Waals surface area contributed by atoms with Gasteiger partial charge in [0.05, 0.1) is 11.2 Å². The molecule has 1 fully saturated rings. The monoisotopic (exact) mass is 538 g/mol. The van der Waals surface area contributed by atoms with Crippen molar-refractivity contribution in [3.8, 4) is 11.1 Å². The Morgan fingerprint density at radius 1 is 1.21 bits per heavy atom. The summed E-state index contributed by atoms with van der Waals surface area (Å²) in [7, 11) is 0. The van der Waals surface area contributed by atoms with E-state index in [2.05, 4.69) is 10.3 Å². The number of benzene rings is 2. The van der Waals surface area contributed by atoms with Crippen LogP contribution >= 0.6 is 0 Å². The number of carbonyl (C=O) groups excluding carboxylic acids is 1. The average molecular weight is 539 g/mol. The molecule has 2 aromatic carbocycles. The molecule has 0 radical (unpaired) electrons. The molecule has 0 aliphatic carbocycles. The number of carbonyl (C=O) groups is 2. The number of anilines is 1. The van der Waals surface area contributed by atoms with Gasteiger partial charge in [-0.3, -0.25) is 4.79 Å². The van der Waals surface area contributed by atoms with Crippen molar-refractivity contribution in [3.63, 3.8) is 0 Å². The van der Waals surface area contributed by atoms with E-state index in [1.54, 1.807) is 36.1 Å². The number of nitrogen functional groups attached to an aromatic ring is 1. The number of aromatic nitrogens is 1. The van der Waals surface area contributed by atoms with Crippen molar-refractivity contribution in [3.05, 3.63) is 83.1 Å². The maximum absolute atomic E-state index is 15.4. The molecular weight excluding hydrogens is 506 g/mol. The molecule has 5 N–H and O–H groups in total. The van der Waals surface area contributed by atoms with Crippen molar-refractivity contribution in [2.75, 3.05) is 25.4 Å². The number of rotatable bonds is 8. The zero-order valence-electron chi connectivity index (χ0n) is 21.7. The molecule has 0 unspecified atom stereocenters. The van der Waals surface area contributed by atoms with E-state index in [1.165, 1.54) is 30.5 Å². The Morgan fingerprint density at radius 2 is 2.00 bits per heavy atom. The predicted octanol–water partition coefficient (Wildman–Crippen LogP) is 4.71. The number of nitrogens with two attached hydrogens (primary N) is 1. The van der Waals surface area contributed by atoms with Crippen molar-refractivity contribution in [2.24, 2.45) is 5.92 Å². The Morgan fingerprint density at radius 3 is 2.69 bits per heavy atom. The van der Waals surface area contributed by atoms with Gasteiger partial charge in [-0.25, -0.2) is 18.6 Å². The van der Waals surface area contributed by atoms with E-state index in [-0.39, 0.29) is 43.0 Å². The number of amides is 2. The molecule has 0 bridgehead atoms. The maximum atomic E-state index is 15.4. The Labute approximate surface area is 225 Å². The van der Waals surface area contributed by atoms with E-state index in [0.29, 0.717) is 41.9 Å². The SMILES string of the molecule is Cc1cc(F)cc(-c2c(F)cccc2[C@](O)(CCCNC(=O)O)[C@@H]2CCCN(C(=O)c3ccc(N)nc3)C2)c1. The third-order valence-corrected chi connectivity index (χ3v) is 7.24. The summed E-state index contributed by atoms with van der Waals surface area (Å²) in [6, 6.07) is 11.7. The van der Waals surface area contributed by atoms with Crippen molar-refractivity contribution in [1.29, 1.82) is 0 Å². The Bertz CT molecular complexity index is 1330. The summed E-state index contributed by atoms with van der Waals surface area (Å²) < 4.78 is 29.8. The minimum absolute atomic E-state index is 0.0772. The van der Waals surface area contributed by atoms with Crippen LogP contribution in [0.4, 0.5) is 19.4 Å². The third-order valence-electron chi connectivity index (χ3n) is 7.24. The van der Waals surface area contributed by atoms with Crippen molar-refractivity contribution in [1.82, 2.24) is 15.2 Å². The summed E-state index contributed by atoms with van der Waals surface area (Å²) in [6.45, 7) is 2.43. The van der Waals surface area contributed by atoms with Gasteiger partial charge in [-0.15, -0.1) is 0 Å². The van der Waals surface area contributed by atoms with Gasteiger partial charge in [0.1, 0.15) is 17.5 Å². The summed E-state index contributed by atoms with van der Waals surface area (Å²) in [4.78, 5) is 29.9. The standard InChI is InChI=1S/C29H32F2N4O4/c1-18-13-20(15-22(30)14-18)26-23(6-2-7-24(26)31)29(39,10-4-11-33-28(37)38)21-5-3-12-35(17-21)27(36)19-8-9-25(32)34-16-19/h2,6-9,13-16,21,33,39H,3-5,10-12,17H2,1H3,(H2,32,34)(H,37,38)/t21-,29+/m1/s1. The van der Waals surface area contributed by atoms with E-state index >= 15 is 4.39 Å². The van der Waals surface area contributed by atoms with Gasteiger partial charge in [-0.05, 0) is 79.6 Å². The van der Waals surface area contributed by atoms with Crippen LogP contribution in [-0.2, 0) is 5.60 Å². The molecule has 1 saturated heterocycles. The smallest absolute Gasteiger partial charge is 0.404 e. The van der Waals surface area contributed by atoms with Crippen molar-refractivity contribution < 1.29 is 28.6 Å². The average Bonchev–Trinajstić information content (AvgIpc) is 2.90. The molecule has 3 aromatic rings. The van der Waals surface area contributed by atoms with E-state index in [9.17, 15) is 19.1 Å².